The summed E-state index contributed by atoms with van der Waals surface area (Å²) in [5.41, 5.74) is 1.33. The number of carbonyl (C=O) groups excluding carboxylic acids is 2. The van der Waals surface area contributed by atoms with E-state index >= 15 is 4.79 Å². The van der Waals surface area contributed by atoms with Crippen LogP contribution in [0, 0.1) is 6.92 Å². The second kappa shape index (κ2) is 12.5. The molecule has 2 amide bonds. The molecule has 250 valence electrons. The fourth-order valence-corrected chi connectivity index (χ4v) is 8.61. The van der Waals surface area contributed by atoms with Gasteiger partial charge in [0.1, 0.15) is 22.1 Å². The first-order chi connectivity index (χ1) is 22.9. The minimum absolute atomic E-state index is 0.00302. The van der Waals surface area contributed by atoms with Gasteiger partial charge in [0.2, 0.25) is 5.91 Å². The maximum Gasteiger partial charge on any atom is 0.274 e. The monoisotopic (exact) mass is 689 g/mol. The van der Waals surface area contributed by atoms with Crippen LogP contribution < -0.4 is 18.5 Å². The Morgan fingerprint density at radius 1 is 0.875 bits per heavy atom. The summed E-state index contributed by atoms with van der Waals surface area (Å²) < 4.78 is 47.3. The number of ether oxygens (including phenoxy) is 3. The number of nitrogens with zero attached hydrogens (tertiary/aromatic N) is 3. The third kappa shape index (κ3) is 4.99. The van der Waals surface area contributed by atoms with Crippen molar-refractivity contribution in [2.75, 3.05) is 39.7 Å². The second-order valence-corrected chi connectivity index (χ2v) is 14.1. The molecular weight excluding hydrogens is 654 g/mol. The van der Waals surface area contributed by atoms with Crippen LogP contribution in [-0.2, 0) is 38.1 Å². The molecule has 0 saturated heterocycles. The lowest BCUT2D eigenvalue weighted by Gasteiger charge is -2.47. The molecule has 0 N–H and O–H groups in total. The van der Waals surface area contributed by atoms with Crippen LogP contribution in [0.1, 0.15) is 27.8 Å². The molecule has 0 aliphatic carbocycles. The molecule has 12 heteroatoms. The number of sulfonamides is 1. The molecule has 48 heavy (non-hydrogen) atoms. The average molecular weight is 690 g/mol. The topological polar surface area (TPSA) is 106 Å². The van der Waals surface area contributed by atoms with Crippen LogP contribution in [0.3, 0.4) is 0 Å². The summed E-state index contributed by atoms with van der Waals surface area (Å²) in [4.78, 5) is 32.9. The van der Waals surface area contributed by atoms with Crippen molar-refractivity contribution in [3.63, 3.8) is 0 Å². The number of amides is 2. The van der Waals surface area contributed by atoms with Crippen molar-refractivity contribution >= 4 is 39.1 Å². The molecule has 0 aromatic heterocycles. The van der Waals surface area contributed by atoms with E-state index in [1.165, 1.54) is 44.4 Å². The van der Waals surface area contributed by atoms with Crippen molar-refractivity contribution in [2.24, 2.45) is 0 Å². The van der Waals surface area contributed by atoms with Gasteiger partial charge in [-0.1, -0.05) is 54.1 Å². The number of benzene rings is 4. The lowest BCUT2D eigenvalue weighted by atomic mass is 9.77. The van der Waals surface area contributed by atoms with Gasteiger partial charge >= 0.3 is 0 Å². The fraction of sp³-hybridized carbons (Fsp3) is 0.278. The van der Waals surface area contributed by atoms with E-state index in [-0.39, 0.29) is 35.2 Å². The first-order valence-corrected chi connectivity index (χ1v) is 17.0. The van der Waals surface area contributed by atoms with Crippen molar-refractivity contribution in [1.82, 2.24) is 9.80 Å². The minimum Gasteiger partial charge on any atom is -0.497 e. The highest BCUT2D eigenvalue weighted by atomic mass is 35.5. The van der Waals surface area contributed by atoms with E-state index in [0.717, 1.165) is 15.4 Å². The number of likely N-dealkylation sites (N-methyl/N-ethyl adjacent to an activating group) is 1. The van der Waals surface area contributed by atoms with Crippen LogP contribution in [-0.4, -0.2) is 71.5 Å². The van der Waals surface area contributed by atoms with E-state index in [9.17, 15) is 13.2 Å². The first kappa shape index (κ1) is 33.3. The van der Waals surface area contributed by atoms with Crippen molar-refractivity contribution < 1.29 is 32.2 Å². The molecular formula is C36H36ClN3O7S. The molecule has 0 saturated carbocycles. The largest absolute Gasteiger partial charge is 0.497 e. The van der Waals surface area contributed by atoms with E-state index in [1.807, 2.05) is 29.2 Å². The number of methoxy groups -OCH3 is 3. The van der Waals surface area contributed by atoms with Gasteiger partial charge in [0.05, 0.1) is 33.1 Å². The molecule has 0 spiro atoms. The number of halogens is 1. The lowest BCUT2D eigenvalue weighted by Crippen LogP contribution is -2.62. The Balaban J connectivity index is 1.73. The first-order valence-electron chi connectivity index (χ1n) is 15.2. The normalized spacial score (nSPS) is 19.0. The quantitative estimate of drug-likeness (QED) is 0.250. The van der Waals surface area contributed by atoms with Gasteiger partial charge in [-0.15, -0.1) is 0 Å². The number of para-hydroxylation sites is 1. The van der Waals surface area contributed by atoms with Gasteiger partial charge in [-0.25, -0.2) is 12.7 Å². The number of anilines is 1. The van der Waals surface area contributed by atoms with Gasteiger partial charge < -0.3 is 19.1 Å². The highest BCUT2D eigenvalue weighted by molar-refractivity contribution is 7.93. The van der Waals surface area contributed by atoms with Crippen LogP contribution >= 0.6 is 11.6 Å². The van der Waals surface area contributed by atoms with E-state index < -0.39 is 27.5 Å². The zero-order valence-corrected chi connectivity index (χ0v) is 29.1. The summed E-state index contributed by atoms with van der Waals surface area (Å²) in [5, 5.41) is 0.329. The van der Waals surface area contributed by atoms with Gasteiger partial charge in [0.15, 0.2) is 5.54 Å². The van der Waals surface area contributed by atoms with Crippen LogP contribution in [0.4, 0.5) is 5.69 Å². The van der Waals surface area contributed by atoms with Crippen LogP contribution in [0.5, 0.6) is 17.2 Å². The van der Waals surface area contributed by atoms with Crippen molar-refractivity contribution in [2.45, 2.75) is 36.4 Å². The maximum atomic E-state index is 15.7. The molecule has 4 aromatic rings. The van der Waals surface area contributed by atoms with Gasteiger partial charge in [0, 0.05) is 42.9 Å². The van der Waals surface area contributed by atoms with E-state index in [2.05, 4.69) is 0 Å². The highest BCUT2D eigenvalue weighted by Gasteiger charge is 2.63. The van der Waals surface area contributed by atoms with Gasteiger partial charge in [-0.05, 0) is 60.4 Å². The predicted molar refractivity (Wildman–Crippen MR) is 182 cm³/mol. The smallest absolute Gasteiger partial charge is 0.274 e. The summed E-state index contributed by atoms with van der Waals surface area (Å²) in [6, 6.07) is 21.4. The number of fused-ring (bicyclic) bond motifs is 2. The number of hydrogen-bond acceptors (Lipinski definition) is 8. The Labute approximate surface area is 285 Å². The van der Waals surface area contributed by atoms with Crippen LogP contribution in [0.15, 0.2) is 83.8 Å². The van der Waals surface area contributed by atoms with Gasteiger partial charge in [-0.2, -0.15) is 0 Å². The summed E-state index contributed by atoms with van der Waals surface area (Å²) in [6.45, 7) is 1.89. The predicted octanol–water partition coefficient (Wildman–Crippen LogP) is 5.17. The third-order valence-electron chi connectivity index (χ3n) is 9.17. The Morgan fingerprint density at radius 3 is 2.21 bits per heavy atom. The highest BCUT2D eigenvalue weighted by Crippen LogP contribution is 2.55. The molecule has 2 atom stereocenters. The molecule has 2 heterocycles. The molecule has 6 rings (SSSR count). The summed E-state index contributed by atoms with van der Waals surface area (Å²) in [7, 11) is 2.96. The number of aryl methyl sites for hydroxylation is 1. The molecule has 0 bridgehead atoms. The molecule has 4 aromatic carbocycles. The van der Waals surface area contributed by atoms with Crippen LogP contribution in [0.2, 0.25) is 5.02 Å². The zero-order valence-electron chi connectivity index (χ0n) is 27.5. The Hall–Kier alpha value is -4.58. The third-order valence-corrected chi connectivity index (χ3v) is 11.3. The van der Waals surface area contributed by atoms with E-state index in [1.54, 1.807) is 57.4 Å². The lowest BCUT2D eigenvalue weighted by molar-refractivity contribution is -0.141. The number of rotatable bonds is 8. The zero-order chi connectivity index (χ0) is 34.5. The van der Waals surface area contributed by atoms with E-state index in [4.69, 9.17) is 25.8 Å². The van der Waals surface area contributed by atoms with Gasteiger partial charge in [-0.3, -0.25) is 14.5 Å². The van der Waals surface area contributed by atoms with Crippen molar-refractivity contribution in [3.8, 4) is 17.2 Å². The van der Waals surface area contributed by atoms with Gasteiger partial charge in [0.25, 0.3) is 15.9 Å². The van der Waals surface area contributed by atoms with Crippen molar-refractivity contribution in [1.29, 1.82) is 0 Å². The van der Waals surface area contributed by atoms with Crippen molar-refractivity contribution in [3.05, 3.63) is 112 Å². The summed E-state index contributed by atoms with van der Waals surface area (Å²) in [5.74, 6) is -0.342. The fourth-order valence-electron chi connectivity index (χ4n) is 6.85. The summed E-state index contributed by atoms with van der Waals surface area (Å²) in [6.07, 6.45) is 0.283. The SMILES string of the molecule is COc1ccc(S(=O)(=O)N2C(=O)C(c3ccccc3OC)(N3Cc4ccccc4C[C@H]3C(=O)N(C)C)c3cc(Cl)c(C)cc32)c(OC)c1. The van der Waals surface area contributed by atoms with E-state index in [0.29, 0.717) is 33.2 Å². The molecule has 1 unspecified atom stereocenters. The van der Waals surface area contributed by atoms with Crippen LogP contribution in [0.25, 0.3) is 0 Å². The molecule has 2 aliphatic heterocycles. The second-order valence-electron chi connectivity index (χ2n) is 12.0. The Kier molecular flexibility index (Phi) is 8.65. The Bertz CT molecular complexity index is 2050. The average Bonchev–Trinajstić information content (AvgIpc) is 3.34. The molecule has 0 fully saturated rings. The summed E-state index contributed by atoms with van der Waals surface area (Å²) >= 11 is 6.82. The molecule has 2 aliphatic rings. The Morgan fingerprint density at radius 2 is 1.54 bits per heavy atom. The number of hydrogen-bond donors (Lipinski definition) is 0. The maximum absolute atomic E-state index is 15.7. The standard InChI is InChI=1S/C36H36ClN3O7S/c1-22-17-29-27(20-28(22)37)36(26-13-9-10-14-31(26)46-5,39-21-24-12-8-7-11-23(24)18-30(39)34(41)38(2)3)35(42)40(29)48(43,44)33-16-15-25(45-4)19-32(33)47-6/h7-17,19-20,30H,18,21H2,1-6H3/t30-,36?/m0/s1. The molecule has 10 nitrogen and oxygen atoms in total. The number of carbonyl (C=O) groups is 2. The minimum atomic E-state index is -4.65. The molecule has 0 radical (unpaired) electrons.